The molecule has 1 atom stereocenters. The molecule has 0 aromatic heterocycles. The van der Waals surface area contributed by atoms with Gasteiger partial charge in [0.05, 0.1) is 0 Å². The summed E-state index contributed by atoms with van der Waals surface area (Å²) in [4.78, 5) is 38.2. The van der Waals surface area contributed by atoms with E-state index in [9.17, 15) is 14.4 Å². The first-order valence-electron chi connectivity index (χ1n) is 29.5. The van der Waals surface area contributed by atoms with Crippen molar-refractivity contribution in [1.29, 1.82) is 0 Å². The predicted molar refractivity (Wildman–Crippen MR) is 289 cm³/mol. The molecule has 0 aliphatic rings. The minimum Gasteiger partial charge on any atom is -0.462 e. The molecule has 0 saturated heterocycles. The molecule has 0 spiro atoms. The molecule has 0 aromatic rings. The number of allylic oxidation sites excluding steroid dienone is 6. The van der Waals surface area contributed by atoms with E-state index in [1.807, 2.05) is 0 Å². The van der Waals surface area contributed by atoms with Gasteiger partial charge < -0.3 is 14.2 Å². The minimum atomic E-state index is -0.773. The van der Waals surface area contributed by atoms with Crippen LogP contribution in [-0.2, 0) is 28.6 Å². The summed E-state index contributed by atoms with van der Waals surface area (Å²) >= 11 is 0. The van der Waals surface area contributed by atoms with Crippen molar-refractivity contribution in [3.8, 4) is 0 Å². The largest absolute Gasteiger partial charge is 0.462 e. The van der Waals surface area contributed by atoms with Gasteiger partial charge in [0.2, 0.25) is 0 Å². The Morgan fingerprint density at radius 3 is 0.866 bits per heavy atom. The van der Waals surface area contributed by atoms with E-state index in [0.717, 1.165) is 57.8 Å². The van der Waals surface area contributed by atoms with Crippen LogP contribution in [0.5, 0.6) is 0 Å². The van der Waals surface area contributed by atoms with Crippen LogP contribution in [0.2, 0.25) is 0 Å². The summed E-state index contributed by atoms with van der Waals surface area (Å²) in [5.41, 5.74) is 0. The van der Waals surface area contributed by atoms with Crippen molar-refractivity contribution < 1.29 is 28.6 Å². The van der Waals surface area contributed by atoms with E-state index >= 15 is 0 Å². The number of hydrogen-bond acceptors (Lipinski definition) is 6. The highest BCUT2D eigenvalue weighted by atomic mass is 16.6. The molecule has 1 unspecified atom stereocenters. The molecular formula is C61H112O6. The van der Waals surface area contributed by atoms with Crippen LogP contribution in [0, 0.1) is 0 Å². The van der Waals surface area contributed by atoms with Crippen LogP contribution >= 0.6 is 0 Å². The first-order valence-corrected chi connectivity index (χ1v) is 29.5. The Kier molecular flexibility index (Phi) is 54.2. The fourth-order valence-corrected chi connectivity index (χ4v) is 8.67. The van der Waals surface area contributed by atoms with Gasteiger partial charge >= 0.3 is 17.9 Å². The summed E-state index contributed by atoms with van der Waals surface area (Å²) in [6.45, 7) is 6.64. The van der Waals surface area contributed by atoms with Crippen molar-refractivity contribution in [3.05, 3.63) is 36.5 Å². The Hall–Kier alpha value is -2.37. The third kappa shape index (κ3) is 54.4. The van der Waals surface area contributed by atoms with Gasteiger partial charge in [0, 0.05) is 19.3 Å². The van der Waals surface area contributed by atoms with Crippen LogP contribution in [0.1, 0.15) is 316 Å². The molecule has 6 heteroatoms. The molecule has 0 saturated carbocycles. The molecule has 0 aliphatic carbocycles. The average Bonchev–Trinajstić information content (AvgIpc) is 3.33. The maximum absolute atomic E-state index is 12.9. The zero-order valence-electron chi connectivity index (χ0n) is 44.9. The number of carbonyl (C=O) groups is 3. The fourth-order valence-electron chi connectivity index (χ4n) is 8.67. The van der Waals surface area contributed by atoms with Gasteiger partial charge in [-0.1, -0.05) is 263 Å². The van der Waals surface area contributed by atoms with Crippen LogP contribution < -0.4 is 0 Å². The summed E-state index contributed by atoms with van der Waals surface area (Å²) in [6, 6.07) is 0. The number of carbonyl (C=O) groups excluding carboxylic acids is 3. The Labute approximate surface area is 416 Å². The van der Waals surface area contributed by atoms with Crippen molar-refractivity contribution in [2.75, 3.05) is 13.2 Å². The van der Waals surface area contributed by atoms with E-state index in [-0.39, 0.29) is 31.1 Å². The van der Waals surface area contributed by atoms with Crippen LogP contribution in [0.3, 0.4) is 0 Å². The second kappa shape index (κ2) is 56.2. The lowest BCUT2D eigenvalue weighted by Gasteiger charge is -2.18. The zero-order chi connectivity index (χ0) is 48.6. The molecule has 0 heterocycles. The third-order valence-corrected chi connectivity index (χ3v) is 13.1. The molecule has 0 N–H and O–H groups in total. The first-order chi connectivity index (χ1) is 33.0. The van der Waals surface area contributed by atoms with Crippen LogP contribution in [0.25, 0.3) is 0 Å². The highest BCUT2D eigenvalue weighted by molar-refractivity contribution is 5.71. The number of ether oxygens (including phenoxy) is 3. The fraction of sp³-hybridized carbons (Fsp3) is 0.852. The van der Waals surface area contributed by atoms with Gasteiger partial charge in [-0.25, -0.2) is 0 Å². The summed E-state index contributed by atoms with van der Waals surface area (Å²) in [5, 5.41) is 0. The summed E-state index contributed by atoms with van der Waals surface area (Å²) in [7, 11) is 0. The molecule has 0 radical (unpaired) electrons. The van der Waals surface area contributed by atoms with Gasteiger partial charge in [-0.2, -0.15) is 0 Å². The summed E-state index contributed by atoms with van der Waals surface area (Å²) < 4.78 is 16.9. The normalized spacial score (nSPS) is 12.2. The van der Waals surface area contributed by atoms with Gasteiger partial charge in [0.25, 0.3) is 0 Å². The molecule has 0 aliphatic heterocycles. The standard InChI is InChI=1S/C61H112O6/c1-4-7-10-13-16-19-22-25-27-29-30-32-33-36-39-42-45-48-51-54-60(63)66-57-58(56-65-59(62)53-50-47-44-41-38-35-24-21-18-15-12-9-6-3)67-61(64)55-52-49-46-43-40-37-34-31-28-26-23-20-17-14-11-8-5-2/h16,19,22,25-26,28,58H,4-15,17-18,20-21,23-24,27,29-57H2,1-3H3/b19-16-,25-22-,28-26-. The minimum absolute atomic E-state index is 0.0710. The van der Waals surface area contributed by atoms with E-state index in [2.05, 4.69) is 57.2 Å². The van der Waals surface area contributed by atoms with E-state index in [0.29, 0.717) is 19.3 Å². The molecule has 0 fully saturated rings. The molecule has 6 nitrogen and oxygen atoms in total. The van der Waals surface area contributed by atoms with E-state index in [1.54, 1.807) is 0 Å². The van der Waals surface area contributed by atoms with E-state index in [4.69, 9.17) is 14.2 Å². The SMILES string of the molecule is CCCCC/C=C\C=C/CCCCCCCCCCCCC(=O)OCC(COC(=O)CCCCCCCCCCCCCCC)OC(=O)CCCCCCCCC/C=C\CCCCCCCC. The zero-order valence-corrected chi connectivity index (χ0v) is 44.9. The lowest BCUT2D eigenvalue weighted by Crippen LogP contribution is -2.30. The van der Waals surface area contributed by atoms with Crippen molar-refractivity contribution >= 4 is 17.9 Å². The molecule has 0 bridgehead atoms. The molecule has 0 aromatic carbocycles. The van der Waals surface area contributed by atoms with Crippen molar-refractivity contribution in [1.82, 2.24) is 0 Å². The van der Waals surface area contributed by atoms with E-state index in [1.165, 1.54) is 218 Å². The topological polar surface area (TPSA) is 78.9 Å². The molecule has 392 valence electrons. The molecular weight excluding hydrogens is 829 g/mol. The summed E-state index contributed by atoms with van der Waals surface area (Å²) in [5.74, 6) is -0.861. The molecule has 67 heavy (non-hydrogen) atoms. The van der Waals surface area contributed by atoms with Crippen molar-refractivity contribution in [3.63, 3.8) is 0 Å². The number of rotatable bonds is 54. The monoisotopic (exact) mass is 941 g/mol. The lowest BCUT2D eigenvalue weighted by atomic mass is 10.0. The number of unbranched alkanes of at least 4 members (excludes halogenated alkanes) is 38. The van der Waals surface area contributed by atoms with Gasteiger partial charge in [-0.3, -0.25) is 14.4 Å². The maximum atomic E-state index is 12.9. The Morgan fingerprint density at radius 1 is 0.299 bits per heavy atom. The number of esters is 3. The Balaban J connectivity index is 4.33. The first kappa shape index (κ1) is 64.6. The predicted octanol–water partition coefficient (Wildman–Crippen LogP) is 19.7. The van der Waals surface area contributed by atoms with Gasteiger partial charge in [-0.05, 0) is 70.6 Å². The van der Waals surface area contributed by atoms with Crippen LogP contribution in [0.15, 0.2) is 36.5 Å². The van der Waals surface area contributed by atoms with E-state index < -0.39 is 6.10 Å². The highest BCUT2D eigenvalue weighted by Crippen LogP contribution is 2.16. The Morgan fingerprint density at radius 2 is 0.537 bits per heavy atom. The van der Waals surface area contributed by atoms with Crippen molar-refractivity contribution in [2.45, 2.75) is 322 Å². The second-order valence-electron chi connectivity index (χ2n) is 19.9. The second-order valence-corrected chi connectivity index (χ2v) is 19.9. The maximum Gasteiger partial charge on any atom is 0.306 e. The number of hydrogen-bond donors (Lipinski definition) is 0. The lowest BCUT2D eigenvalue weighted by molar-refractivity contribution is -0.167. The Bertz CT molecular complexity index is 1130. The average molecular weight is 942 g/mol. The quantitative estimate of drug-likeness (QED) is 0.0199. The molecule has 0 rings (SSSR count). The smallest absolute Gasteiger partial charge is 0.306 e. The third-order valence-electron chi connectivity index (χ3n) is 13.1. The molecule has 0 amide bonds. The van der Waals surface area contributed by atoms with Gasteiger partial charge in [0.15, 0.2) is 6.10 Å². The summed E-state index contributed by atoms with van der Waals surface area (Å²) in [6.07, 6.45) is 67.0. The van der Waals surface area contributed by atoms with Crippen molar-refractivity contribution in [2.24, 2.45) is 0 Å². The van der Waals surface area contributed by atoms with Gasteiger partial charge in [0.1, 0.15) is 13.2 Å². The van der Waals surface area contributed by atoms with Gasteiger partial charge in [-0.15, -0.1) is 0 Å². The van der Waals surface area contributed by atoms with Crippen LogP contribution in [0.4, 0.5) is 0 Å². The highest BCUT2D eigenvalue weighted by Gasteiger charge is 2.19. The van der Waals surface area contributed by atoms with Crippen LogP contribution in [-0.4, -0.2) is 37.2 Å².